The topological polar surface area (TPSA) is 75.6 Å². The Morgan fingerprint density at radius 2 is 1.64 bits per heavy atom. The van der Waals surface area contributed by atoms with E-state index in [2.05, 4.69) is 14.9 Å². The van der Waals surface area contributed by atoms with Gasteiger partial charge < -0.3 is 14.5 Å². The molecule has 0 unspecified atom stereocenters. The van der Waals surface area contributed by atoms with Crippen LogP contribution in [0.3, 0.4) is 0 Å². The van der Waals surface area contributed by atoms with E-state index in [0.29, 0.717) is 31.7 Å². The van der Waals surface area contributed by atoms with Crippen molar-refractivity contribution in [3.8, 4) is 11.3 Å². The van der Waals surface area contributed by atoms with Gasteiger partial charge in [-0.3, -0.25) is 4.79 Å². The second kappa shape index (κ2) is 10.1. The molecule has 168 valence electrons. The number of hydrogen-bond acceptors (Lipinski definition) is 6. The molecule has 3 aromatic rings. The van der Waals surface area contributed by atoms with Crippen LogP contribution in [0.25, 0.3) is 17.3 Å². The first-order valence-corrected chi connectivity index (χ1v) is 10.8. The number of methoxy groups -OCH3 is 1. The van der Waals surface area contributed by atoms with Gasteiger partial charge in [-0.15, -0.1) is 0 Å². The maximum atomic E-state index is 12.7. The van der Waals surface area contributed by atoms with Crippen molar-refractivity contribution >= 4 is 23.8 Å². The fourth-order valence-corrected chi connectivity index (χ4v) is 3.75. The summed E-state index contributed by atoms with van der Waals surface area (Å²) >= 11 is 0. The number of aromatic nitrogens is 2. The molecule has 0 N–H and O–H groups in total. The molecular weight excluding hydrogens is 416 g/mol. The lowest BCUT2D eigenvalue weighted by atomic mass is 10.1. The Morgan fingerprint density at radius 1 is 0.939 bits per heavy atom. The monoisotopic (exact) mass is 442 g/mol. The van der Waals surface area contributed by atoms with Crippen LogP contribution in [0.1, 0.15) is 21.7 Å². The molecule has 0 spiro atoms. The van der Waals surface area contributed by atoms with Crippen LogP contribution in [0.2, 0.25) is 0 Å². The van der Waals surface area contributed by atoms with E-state index in [9.17, 15) is 9.59 Å². The highest BCUT2D eigenvalue weighted by molar-refractivity contribution is 5.92. The third-order valence-electron chi connectivity index (χ3n) is 5.56. The minimum atomic E-state index is -0.380. The van der Waals surface area contributed by atoms with Crippen molar-refractivity contribution < 1.29 is 14.3 Å². The molecule has 7 nitrogen and oxygen atoms in total. The molecule has 33 heavy (non-hydrogen) atoms. The largest absolute Gasteiger partial charge is 0.465 e. The summed E-state index contributed by atoms with van der Waals surface area (Å²) in [5.41, 5.74) is 3.28. The van der Waals surface area contributed by atoms with Crippen LogP contribution in [-0.4, -0.2) is 60.0 Å². The van der Waals surface area contributed by atoms with Crippen molar-refractivity contribution in [2.24, 2.45) is 0 Å². The van der Waals surface area contributed by atoms with Gasteiger partial charge in [-0.25, -0.2) is 14.8 Å². The molecule has 1 amide bonds. The number of aryl methyl sites for hydroxylation is 1. The van der Waals surface area contributed by atoms with E-state index in [1.54, 1.807) is 36.4 Å². The minimum absolute atomic E-state index is 0.0319. The van der Waals surface area contributed by atoms with Crippen molar-refractivity contribution in [3.63, 3.8) is 0 Å². The van der Waals surface area contributed by atoms with Gasteiger partial charge in [0.2, 0.25) is 5.91 Å². The van der Waals surface area contributed by atoms with Crippen LogP contribution >= 0.6 is 0 Å². The third-order valence-corrected chi connectivity index (χ3v) is 5.56. The van der Waals surface area contributed by atoms with Crippen molar-refractivity contribution in [1.82, 2.24) is 14.9 Å². The van der Waals surface area contributed by atoms with Crippen LogP contribution in [0.15, 0.2) is 66.7 Å². The Bertz CT molecular complexity index is 1150. The summed E-state index contributed by atoms with van der Waals surface area (Å²) in [6.07, 6.45) is 3.33. The highest BCUT2D eigenvalue weighted by Crippen LogP contribution is 2.22. The summed E-state index contributed by atoms with van der Waals surface area (Å²) < 4.78 is 4.70. The zero-order chi connectivity index (χ0) is 23.2. The Kier molecular flexibility index (Phi) is 6.78. The summed E-state index contributed by atoms with van der Waals surface area (Å²) in [6, 6.07) is 19.0. The predicted molar refractivity (Wildman–Crippen MR) is 128 cm³/mol. The molecule has 1 aliphatic rings. The van der Waals surface area contributed by atoms with Crippen molar-refractivity contribution in [1.29, 1.82) is 0 Å². The number of nitrogens with zero attached hydrogens (tertiary/aromatic N) is 4. The summed E-state index contributed by atoms with van der Waals surface area (Å²) in [7, 11) is 1.35. The van der Waals surface area contributed by atoms with E-state index < -0.39 is 0 Å². The first-order valence-electron chi connectivity index (χ1n) is 10.8. The van der Waals surface area contributed by atoms with Gasteiger partial charge in [-0.05, 0) is 30.7 Å². The number of piperazine rings is 1. The summed E-state index contributed by atoms with van der Waals surface area (Å²) in [5, 5.41) is 0. The first-order chi connectivity index (χ1) is 16.0. The molecule has 0 atom stereocenters. The van der Waals surface area contributed by atoms with Gasteiger partial charge in [-0.2, -0.15) is 0 Å². The Balaban J connectivity index is 1.37. The molecule has 2 heterocycles. The summed E-state index contributed by atoms with van der Waals surface area (Å²) in [4.78, 5) is 37.4. The highest BCUT2D eigenvalue weighted by atomic mass is 16.5. The van der Waals surface area contributed by atoms with E-state index in [0.717, 1.165) is 28.5 Å². The van der Waals surface area contributed by atoms with Gasteiger partial charge in [0, 0.05) is 43.9 Å². The lowest BCUT2D eigenvalue weighted by molar-refractivity contribution is -0.126. The quantitative estimate of drug-likeness (QED) is 0.444. The zero-order valence-corrected chi connectivity index (χ0v) is 18.8. The van der Waals surface area contributed by atoms with Crippen LogP contribution in [0, 0.1) is 6.92 Å². The SMILES string of the molecule is COC(=O)c1ccc(/C=C/C(=O)N2CCN(c3cc(-c4ccccc4)nc(C)n3)CC2)cc1. The molecule has 1 saturated heterocycles. The zero-order valence-electron chi connectivity index (χ0n) is 18.8. The third kappa shape index (κ3) is 5.44. The molecule has 4 rings (SSSR count). The van der Waals surface area contributed by atoms with Crippen molar-refractivity contribution in [2.45, 2.75) is 6.92 Å². The van der Waals surface area contributed by atoms with Gasteiger partial charge in [0.05, 0.1) is 18.4 Å². The van der Waals surface area contributed by atoms with Crippen molar-refractivity contribution in [2.75, 3.05) is 38.2 Å². The fraction of sp³-hybridized carbons (Fsp3) is 0.231. The first kappa shape index (κ1) is 22.2. The number of benzene rings is 2. The predicted octanol–water partition coefficient (Wildman–Crippen LogP) is 3.60. The molecule has 0 bridgehead atoms. The molecule has 1 aliphatic heterocycles. The standard InChI is InChI=1S/C26H26N4O3/c1-19-27-23(21-6-4-3-5-7-21)18-24(28-19)29-14-16-30(17-15-29)25(31)13-10-20-8-11-22(12-9-20)26(32)33-2/h3-13,18H,14-17H2,1-2H3/b13-10+. The second-order valence-corrected chi connectivity index (χ2v) is 7.78. The summed E-state index contributed by atoms with van der Waals surface area (Å²) in [6.45, 7) is 4.55. The normalized spacial score (nSPS) is 13.9. The lowest BCUT2D eigenvalue weighted by Gasteiger charge is -2.35. The van der Waals surface area contributed by atoms with Crippen LogP contribution in [-0.2, 0) is 9.53 Å². The maximum Gasteiger partial charge on any atom is 0.337 e. The number of anilines is 1. The molecule has 0 aliphatic carbocycles. The summed E-state index contributed by atoms with van der Waals surface area (Å²) in [5.74, 6) is 1.20. The molecule has 2 aromatic carbocycles. The van der Waals surface area contributed by atoms with E-state index in [1.165, 1.54) is 7.11 Å². The number of carbonyl (C=O) groups is 2. The smallest absolute Gasteiger partial charge is 0.337 e. The number of ether oxygens (including phenoxy) is 1. The van der Waals surface area contributed by atoms with Crippen LogP contribution in [0.5, 0.6) is 0 Å². The highest BCUT2D eigenvalue weighted by Gasteiger charge is 2.21. The molecule has 0 radical (unpaired) electrons. The van der Waals surface area contributed by atoms with Gasteiger partial charge >= 0.3 is 5.97 Å². The van der Waals surface area contributed by atoms with Gasteiger partial charge in [0.1, 0.15) is 11.6 Å². The average molecular weight is 443 g/mol. The molecule has 1 aromatic heterocycles. The number of esters is 1. The minimum Gasteiger partial charge on any atom is -0.465 e. The van der Waals surface area contributed by atoms with E-state index in [4.69, 9.17) is 4.74 Å². The Labute approximate surface area is 193 Å². The van der Waals surface area contributed by atoms with Crippen LogP contribution < -0.4 is 4.90 Å². The lowest BCUT2D eigenvalue weighted by Crippen LogP contribution is -2.48. The molecule has 0 saturated carbocycles. The molecule has 7 heteroatoms. The van der Waals surface area contributed by atoms with E-state index in [-0.39, 0.29) is 11.9 Å². The van der Waals surface area contributed by atoms with E-state index >= 15 is 0 Å². The number of rotatable bonds is 5. The Hall–Kier alpha value is -4.00. The van der Waals surface area contributed by atoms with Crippen LogP contribution in [0.4, 0.5) is 5.82 Å². The van der Waals surface area contributed by atoms with E-state index in [1.807, 2.05) is 48.2 Å². The molecule has 1 fully saturated rings. The van der Waals surface area contributed by atoms with Gasteiger partial charge in [0.15, 0.2) is 0 Å². The number of carbonyl (C=O) groups excluding carboxylic acids is 2. The Morgan fingerprint density at radius 3 is 2.30 bits per heavy atom. The average Bonchev–Trinajstić information content (AvgIpc) is 2.87. The van der Waals surface area contributed by atoms with Gasteiger partial charge in [-0.1, -0.05) is 42.5 Å². The second-order valence-electron chi connectivity index (χ2n) is 7.78. The van der Waals surface area contributed by atoms with Crippen molar-refractivity contribution in [3.05, 3.63) is 83.7 Å². The number of amides is 1. The van der Waals surface area contributed by atoms with Gasteiger partial charge in [0.25, 0.3) is 0 Å². The molecular formula is C26H26N4O3. The number of hydrogen-bond donors (Lipinski definition) is 0. The maximum absolute atomic E-state index is 12.7. The fourth-order valence-electron chi connectivity index (χ4n) is 3.75.